The van der Waals surface area contributed by atoms with Crippen LogP contribution in [0.4, 0.5) is 4.39 Å². The molecule has 0 amide bonds. The maximum absolute atomic E-state index is 13.8. The number of nitrogens with one attached hydrogen (secondary N) is 1. The van der Waals surface area contributed by atoms with Gasteiger partial charge in [0.05, 0.1) is 0 Å². The van der Waals surface area contributed by atoms with Crippen LogP contribution in [0.3, 0.4) is 0 Å². The van der Waals surface area contributed by atoms with Gasteiger partial charge in [-0.1, -0.05) is 13.0 Å². The lowest BCUT2D eigenvalue weighted by molar-refractivity contribution is 0.139. The van der Waals surface area contributed by atoms with Crippen LogP contribution >= 0.6 is 0 Å². The molecular formula is C16H26FN3O2S. The highest BCUT2D eigenvalue weighted by Gasteiger charge is 2.21. The fourth-order valence-electron chi connectivity index (χ4n) is 2.69. The van der Waals surface area contributed by atoms with Crippen LogP contribution in [0.5, 0.6) is 0 Å². The van der Waals surface area contributed by atoms with E-state index in [1.165, 1.54) is 12.1 Å². The zero-order valence-electron chi connectivity index (χ0n) is 14.0. The normalized spacial score (nSPS) is 19.0. The average Bonchev–Trinajstić information content (AvgIpc) is 2.47. The van der Waals surface area contributed by atoms with Crippen molar-refractivity contribution in [3.63, 3.8) is 0 Å². The molecule has 0 saturated carbocycles. The molecule has 23 heavy (non-hydrogen) atoms. The lowest BCUT2D eigenvalue weighted by Crippen LogP contribution is -2.46. The van der Waals surface area contributed by atoms with Gasteiger partial charge >= 0.3 is 0 Å². The largest absolute Gasteiger partial charge is 0.304 e. The average molecular weight is 343 g/mol. The van der Waals surface area contributed by atoms with Gasteiger partial charge in [0.2, 0.25) is 10.0 Å². The van der Waals surface area contributed by atoms with E-state index >= 15 is 0 Å². The summed E-state index contributed by atoms with van der Waals surface area (Å²) in [5.74, 6) is -0.536. The molecular weight excluding hydrogens is 317 g/mol. The van der Waals surface area contributed by atoms with Crippen molar-refractivity contribution in [2.24, 2.45) is 5.92 Å². The third kappa shape index (κ3) is 5.24. The van der Waals surface area contributed by atoms with Crippen molar-refractivity contribution in [3.05, 3.63) is 29.6 Å². The Morgan fingerprint density at radius 2 is 1.91 bits per heavy atom. The lowest BCUT2D eigenvalue weighted by Gasteiger charge is -2.33. The van der Waals surface area contributed by atoms with Gasteiger partial charge in [-0.05, 0) is 37.6 Å². The van der Waals surface area contributed by atoms with Crippen LogP contribution < -0.4 is 4.72 Å². The van der Waals surface area contributed by atoms with Crippen LogP contribution in [0.1, 0.15) is 12.5 Å². The molecule has 0 bridgehead atoms. The topological polar surface area (TPSA) is 52.7 Å². The van der Waals surface area contributed by atoms with Crippen molar-refractivity contribution in [1.29, 1.82) is 0 Å². The summed E-state index contributed by atoms with van der Waals surface area (Å²) in [6.45, 7) is 8.95. The van der Waals surface area contributed by atoms with Crippen LogP contribution in [0, 0.1) is 18.7 Å². The zero-order valence-corrected chi connectivity index (χ0v) is 14.9. The Kier molecular flexibility index (Phi) is 6.13. The molecule has 130 valence electrons. The van der Waals surface area contributed by atoms with Crippen LogP contribution in [0.25, 0.3) is 0 Å². The van der Waals surface area contributed by atoms with Crippen molar-refractivity contribution < 1.29 is 12.8 Å². The minimum absolute atomic E-state index is 0.168. The predicted molar refractivity (Wildman–Crippen MR) is 89.4 cm³/mol. The summed E-state index contributed by atoms with van der Waals surface area (Å²) in [6.07, 6.45) is 0. The number of hydrogen-bond acceptors (Lipinski definition) is 4. The summed E-state index contributed by atoms with van der Waals surface area (Å²) >= 11 is 0. The van der Waals surface area contributed by atoms with Crippen LogP contribution in [-0.2, 0) is 10.0 Å². The number of aryl methyl sites for hydroxylation is 1. The quantitative estimate of drug-likeness (QED) is 0.846. The van der Waals surface area contributed by atoms with E-state index in [9.17, 15) is 12.8 Å². The summed E-state index contributed by atoms with van der Waals surface area (Å²) < 4.78 is 40.8. The van der Waals surface area contributed by atoms with Gasteiger partial charge in [0.1, 0.15) is 10.7 Å². The fourth-order valence-corrected chi connectivity index (χ4v) is 3.91. The van der Waals surface area contributed by atoms with E-state index in [-0.39, 0.29) is 10.8 Å². The highest BCUT2D eigenvalue weighted by Crippen LogP contribution is 2.16. The first kappa shape index (κ1) is 18.3. The van der Waals surface area contributed by atoms with Crippen molar-refractivity contribution >= 4 is 10.0 Å². The Bertz CT molecular complexity index is 628. The van der Waals surface area contributed by atoms with Gasteiger partial charge in [-0.15, -0.1) is 0 Å². The van der Waals surface area contributed by atoms with Gasteiger partial charge in [-0.3, -0.25) is 0 Å². The summed E-state index contributed by atoms with van der Waals surface area (Å²) in [5, 5.41) is 0. The first-order valence-electron chi connectivity index (χ1n) is 7.94. The first-order chi connectivity index (χ1) is 10.8. The highest BCUT2D eigenvalue weighted by molar-refractivity contribution is 7.89. The highest BCUT2D eigenvalue weighted by atomic mass is 32.2. The second-order valence-corrected chi connectivity index (χ2v) is 8.23. The van der Waals surface area contributed by atoms with Crippen LogP contribution in [0.15, 0.2) is 23.1 Å². The standard InChI is InChI=1S/C16H26FN3O2S/c1-13-4-5-16(15(17)10-13)23(21,22)18-11-14(2)12-20-8-6-19(3)7-9-20/h4-5,10,14,18H,6-9,11-12H2,1-3H3/t14-/m1/s1. The Hall–Kier alpha value is -1.02. The van der Waals surface area contributed by atoms with E-state index in [1.54, 1.807) is 13.0 Å². The number of piperazine rings is 1. The molecule has 0 spiro atoms. The molecule has 1 aromatic rings. The van der Waals surface area contributed by atoms with Crippen LogP contribution in [0.2, 0.25) is 0 Å². The SMILES string of the molecule is Cc1ccc(S(=O)(=O)NC[C@@H](C)CN2CCN(C)CC2)c(F)c1. The number of sulfonamides is 1. The van der Waals surface area contributed by atoms with E-state index in [1.807, 2.05) is 6.92 Å². The summed E-state index contributed by atoms with van der Waals surface area (Å²) in [5.41, 5.74) is 0.699. The van der Waals surface area contributed by atoms with E-state index < -0.39 is 15.8 Å². The van der Waals surface area contributed by atoms with Crippen molar-refractivity contribution in [2.75, 3.05) is 46.3 Å². The Labute approximate surface area is 138 Å². The second-order valence-electron chi connectivity index (χ2n) is 6.49. The van der Waals surface area contributed by atoms with E-state index in [0.717, 1.165) is 32.7 Å². The summed E-state index contributed by atoms with van der Waals surface area (Å²) in [4.78, 5) is 4.34. The number of rotatable bonds is 6. The van der Waals surface area contributed by atoms with Crippen LogP contribution in [-0.4, -0.2) is 64.5 Å². The third-order valence-electron chi connectivity index (χ3n) is 4.16. The molecule has 0 unspecified atom stereocenters. The zero-order chi connectivity index (χ0) is 17.0. The number of hydrogen-bond donors (Lipinski definition) is 1. The van der Waals surface area contributed by atoms with E-state index in [0.29, 0.717) is 12.1 Å². The molecule has 1 heterocycles. The van der Waals surface area contributed by atoms with Crippen molar-refractivity contribution in [1.82, 2.24) is 14.5 Å². The van der Waals surface area contributed by atoms with Crippen molar-refractivity contribution in [3.8, 4) is 0 Å². The van der Waals surface area contributed by atoms with Gasteiger partial charge in [0.15, 0.2) is 0 Å². The van der Waals surface area contributed by atoms with Crippen molar-refractivity contribution in [2.45, 2.75) is 18.7 Å². The third-order valence-corrected chi connectivity index (χ3v) is 5.62. The van der Waals surface area contributed by atoms with Gasteiger partial charge < -0.3 is 9.80 Å². The molecule has 1 atom stereocenters. The summed E-state index contributed by atoms with van der Waals surface area (Å²) in [6, 6.07) is 4.16. The molecule has 1 aliphatic rings. The molecule has 1 aliphatic heterocycles. The maximum Gasteiger partial charge on any atom is 0.243 e. The Morgan fingerprint density at radius 1 is 1.26 bits per heavy atom. The molecule has 5 nitrogen and oxygen atoms in total. The first-order valence-corrected chi connectivity index (χ1v) is 9.43. The van der Waals surface area contributed by atoms with E-state index in [2.05, 4.69) is 21.6 Å². The minimum Gasteiger partial charge on any atom is -0.304 e. The molecule has 0 aromatic heterocycles. The van der Waals surface area contributed by atoms with Gasteiger partial charge in [0, 0.05) is 39.3 Å². The Balaban J connectivity index is 1.88. The molecule has 1 saturated heterocycles. The molecule has 2 rings (SSSR count). The predicted octanol–water partition coefficient (Wildman–Crippen LogP) is 1.30. The molecule has 7 heteroatoms. The number of benzene rings is 1. The smallest absolute Gasteiger partial charge is 0.243 e. The second kappa shape index (κ2) is 7.70. The molecule has 0 radical (unpaired) electrons. The van der Waals surface area contributed by atoms with E-state index in [4.69, 9.17) is 0 Å². The number of nitrogens with zero attached hydrogens (tertiary/aromatic N) is 2. The molecule has 1 fully saturated rings. The summed E-state index contributed by atoms with van der Waals surface area (Å²) in [7, 11) is -1.70. The lowest BCUT2D eigenvalue weighted by atomic mass is 10.1. The van der Waals surface area contributed by atoms with Gasteiger partial charge in [-0.25, -0.2) is 17.5 Å². The number of likely N-dealkylation sites (N-methyl/N-ethyl adjacent to an activating group) is 1. The Morgan fingerprint density at radius 3 is 2.52 bits per heavy atom. The maximum atomic E-state index is 13.8. The minimum atomic E-state index is -3.80. The molecule has 0 aliphatic carbocycles. The number of halogens is 1. The fraction of sp³-hybridized carbons (Fsp3) is 0.625. The molecule has 1 aromatic carbocycles. The van der Waals surface area contributed by atoms with Gasteiger partial charge in [0.25, 0.3) is 0 Å². The van der Waals surface area contributed by atoms with Gasteiger partial charge in [-0.2, -0.15) is 0 Å². The molecule has 1 N–H and O–H groups in total. The monoisotopic (exact) mass is 343 g/mol.